The number of nitrogens with one attached hydrogen (secondary N) is 2. The molecule has 0 bridgehead atoms. The van der Waals surface area contributed by atoms with Gasteiger partial charge in [0.25, 0.3) is 5.91 Å². The van der Waals surface area contributed by atoms with Gasteiger partial charge >= 0.3 is 0 Å². The molecule has 1 aromatic carbocycles. The Morgan fingerprint density at radius 2 is 1.94 bits per heavy atom. The van der Waals surface area contributed by atoms with Crippen LogP contribution >= 0.6 is 23.2 Å². The van der Waals surface area contributed by atoms with E-state index >= 15 is 0 Å². The van der Waals surface area contributed by atoms with Crippen molar-refractivity contribution >= 4 is 35.0 Å². The number of alkyl halides is 1. The van der Waals surface area contributed by atoms with Crippen molar-refractivity contribution < 1.29 is 14.3 Å². The van der Waals surface area contributed by atoms with Crippen LogP contribution in [0, 0.1) is 0 Å². The highest BCUT2D eigenvalue weighted by Crippen LogP contribution is 2.24. The molecule has 7 heteroatoms. The van der Waals surface area contributed by atoms with Gasteiger partial charge < -0.3 is 4.74 Å². The molecule has 0 unspecified atom stereocenters. The molecule has 0 saturated heterocycles. The number of ether oxygens (including phenoxy) is 1. The van der Waals surface area contributed by atoms with Gasteiger partial charge in [0.1, 0.15) is 11.6 Å². The van der Waals surface area contributed by atoms with Gasteiger partial charge in [-0.15, -0.1) is 11.6 Å². The molecule has 0 fully saturated rings. The molecule has 0 aliphatic carbocycles. The van der Waals surface area contributed by atoms with Crippen LogP contribution < -0.4 is 15.6 Å². The van der Waals surface area contributed by atoms with Gasteiger partial charge in [-0.3, -0.25) is 20.4 Å². The molecule has 0 atom stereocenters. The molecule has 18 heavy (non-hydrogen) atoms. The SMILES string of the molecule is COc1ccc(CC(=O)NNC(=O)CCl)cc1Cl. The number of hydrogen-bond donors (Lipinski definition) is 2. The van der Waals surface area contributed by atoms with E-state index in [2.05, 4.69) is 10.9 Å². The van der Waals surface area contributed by atoms with E-state index in [1.807, 2.05) is 0 Å². The second-order valence-electron chi connectivity index (χ2n) is 3.38. The number of benzene rings is 1. The Hall–Kier alpha value is -1.46. The highest BCUT2D eigenvalue weighted by Gasteiger charge is 2.07. The summed E-state index contributed by atoms with van der Waals surface area (Å²) >= 11 is 11.2. The second-order valence-corrected chi connectivity index (χ2v) is 4.05. The van der Waals surface area contributed by atoms with Crippen molar-refractivity contribution in [2.24, 2.45) is 0 Å². The number of amides is 2. The molecule has 0 radical (unpaired) electrons. The second kappa shape index (κ2) is 7.08. The lowest BCUT2D eigenvalue weighted by Crippen LogP contribution is -2.42. The summed E-state index contributed by atoms with van der Waals surface area (Å²) in [5.74, 6) is -0.516. The Bertz CT molecular complexity index is 452. The van der Waals surface area contributed by atoms with Gasteiger partial charge in [0, 0.05) is 0 Å². The highest BCUT2D eigenvalue weighted by atomic mass is 35.5. The summed E-state index contributed by atoms with van der Waals surface area (Å²) in [6.07, 6.45) is 0.0896. The van der Waals surface area contributed by atoms with Gasteiger partial charge in [0.05, 0.1) is 18.6 Å². The summed E-state index contributed by atoms with van der Waals surface area (Å²) in [5, 5.41) is 0.424. The first kappa shape index (κ1) is 14.6. The average molecular weight is 291 g/mol. The molecule has 0 heterocycles. The van der Waals surface area contributed by atoms with Gasteiger partial charge in [0.2, 0.25) is 5.91 Å². The number of methoxy groups -OCH3 is 1. The van der Waals surface area contributed by atoms with Crippen molar-refractivity contribution in [1.82, 2.24) is 10.9 Å². The summed E-state index contributed by atoms with van der Waals surface area (Å²) in [6, 6.07) is 5.01. The van der Waals surface area contributed by atoms with Crippen molar-refractivity contribution in [2.75, 3.05) is 13.0 Å². The van der Waals surface area contributed by atoms with Crippen LogP contribution in [0.1, 0.15) is 5.56 Å². The Labute approximate surface area is 114 Å². The molecule has 1 rings (SSSR count). The normalized spacial score (nSPS) is 9.72. The molecule has 0 aromatic heterocycles. The van der Waals surface area contributed by atoms with Crippen molar-refractivity contribution in [2.45, 2.75) is 6.42 Å². The van der Waals surface area contributed by atoms with Gasteiger partial charge in [-0.25, -0.2) is 0 Å². The zero-order valence-corrected chi connectivity index (χ0v) is 11.1. The van der Waals surface area contributed by atoms with E-state index in [4.69, 9.17) is 27.9 Å². The van der Waals surface area contributed by atoms with Crippen LogP contribution in [0.15, 0.2) is 18.2 Å². The number of rotatable bonds is 4. The van der Waals surface area contributed by atoms with Crippen LogP contribution in [0.4, 0.5) is 0 Å². The molecule has 5 nitrogen and oxygen atoms in total. The van der Waals surface area contributed by atoms with Gasteiger partial charge in [-0.05, 0) is 17.7 Å². The maximum Gasteiger partial charge on any atom is 0.253 e. The first-order valence-corrected chi connectivity index (χ1v) is 5.94. The van der Waals surface area contributed by atoms with E-state index in [1.54, 1.807) is 18.2 Å². The molecular formula is C11H12Cl2N2O3. The largest absolute Gasteiger partial charge is 0.495 e. The van der Waals surface area contributed by atoms with E-state index < -0.39 is 5.91 Å². The molecule has 98 valence electrons. The number of halogens is 2. The predicted octanol–water partition coefficient (Wildman–Crippen LogP) is 1.28. The molecular weight excluding hydrogens is 279 g/mol. The topological polar surface area (TPSA) is 67.4 Å². The third kappa shape index (κ3) is 4.43. The summed E-state index contributed by atoms with van der Waals surface area (Å²) in [7, 11) is 1.51. The molecule has 2 amide bonds. The third-order valence-corrected chi connectivity index (χ3v) is 2.58. The minimum absolute atomic E-state index is 0.0896. The Morgan fingerprint density at radius 3 is 2.50 bits per heavy atom. The summed E-state index contributed by atoms with van der Waals surface area (Å²) in [6.45, 7) is 0. The Kier molecular flexibility index (Phi) is 5.74. The van der Waals surface area contributed by atoms with E-state index in [0.29, 0.717) is 16.3 Å². The zero-order chi connectivity index (χ0) is 13.5. The van der Waals surface area contributed by atoms with Crippen LogP contribution in [-0.2, 0) is 16.0 Å². The van der Waals surface area contributed by atoms with E-state index in [-0.39, 0.29) is 18.2 Å². The van der Waals surface area contributed by atoms with Crippen molar-refractivity contribution in [3.8, 4) is 5.75 Å². The van der Waals surface area contributed by atoms with Crippen LogP contribution in [0.5, 0.6) is 5.75 Å². The molecule has 0 saturated carbocycles. The van der Waals surface area contributed by atoms with Crippen molar-refractivity contribution in [3.63, 3.8) is 0 Å². The summed E-state index contributed by atoms with van der Waals surface area (Å²) in [4.78, 5) is 22.3. The van der Waals surface area contributed by atoms with Crippen LogP contribution in [0.2, 0.25) is 5.02 Å². The predicted molar refractivity (Wildman–Crippen MR) is 68.7 cm³/mol. The maximum absolute atomic E-state index is 11.5. The first-order chi connectivity index (χ1) is 8.56. The minimum atomic E-state index is -0.474. The number of hydrazine groups is 1. The maximum atomic E-state index is 11.5. The number of carbonyl (C=O) groups excluding carboxylic acids is 2. The molecule has 1 aromatic rings. The first-order valence-electron chi connectivity index (χ1n) is 5.03. The molecule has 0 aliphatic rings. The van der Waals surface area contributed by atoms with Crippen molar-refractivity contribution in [3.05, 3.63) is 28.8 Å². The fraction of sp³-hybridized carbons (Fsp3) is 0.273. The van der Waals surface area contributed by atoms with Crippen molar-refractivity contribution in [1.29, 1.82) is 0 Å². The van der Waals surface area contributed by atoms with Crippen LogP contribution in [0.25, 0.3) is 0 Å². The van der Waals surface area contributed by atoms with Crippen LogP contribution in [0.3, 0.4) is 0 Å². The molecule has 2 N–H and O–H groups in total. The van der Waals surface area contributed by atoms with Crippen LogP contribution in [-0.4, -0.2) is 24.8 Å². The third-order valence-electron chi connectivity index (χ3n) is 2.04. The van der Waals surface area contributed by atoms with E-state index in [1.165, 1.54) is 7.11 Å². The lowest BCUT2D eigenvalue weighted by Gasteiger charge is -2.07. The minimum Gasteiger partial charge on any atom is -0.495 e. The van der Waals surface area contributed by atoms with E-state index in [9.17, 15) is 9.59 Å². The van der Waals surface area contributed by atoms with E-state index in [0.717, 1.165) is 0 Å². The fourth-order valence-electron chi connectivity index (χ4n) is 1.22. The monoisotopic (exact) mass is 290 g/mol. The fourth-order valence-corrected chi connectivity index (χ4v) is 1.57. The van der Waals surface area contributed by atoms with Gasteiger partial charge in [-0.2, -0.15) is 0 Å². The Balaban J connectivity index is 2.54. The number of hydrogen-bond acceptors (Lipinski definition) is 3. The van der Waals surface area contributed by atoms with Gasteiger partial charge in [-0.1, -0.05) is 17.7 Å². The Morgan fingerprint density at radius 1 is 1.28 bits per heavy atom. The highest BCUT2D eigenvalue weighted by molar-refractivity contribution is 6.32. The average Bonchev–Trinajstić information content (AvgIpc) is 2.36. The summed E-state index contributed by atoms with van der Waals surface area (Å²) in [5.41, 5.74) is 5.10. The number of carbonyl (C=O) groups is 2. The standard InChI is InChI=1S/C11H12Cl2N2O3/c1-18-9-3-2-7(4-8(9)13)5-10(16)14-15-11(17)6-12/h2-4H,5-6H2,1H3,(H,14,16)(H,15,17). The quantitative estimate of drug-likeness (QED) is 0.648. The van der Waals surface area contributed by atoms with Gasteiger partial charge in [0.15, 0.2) is 0 Å². The smallest absolute Gasteiger partial charge is 0.253 e. The lowest BCUT2D eigenvalue weighted by molar-refractivity contribution is -0.127. The molecule has 0 aliphatic heterocycles. The molecule has 0 spiro atoms. The lowest BCUT2D eigenvalue weighted by atomic mass is 10.1. The zero-order valence-electron chi connectivity index (χ0n) is 9.63. The summed E-state index contributed by atoms with van der Waals surface area (Å²) < 4.78 is 4.99.